The van der Waals surface area contributed by atoms with Crippen LogP contribution in [-0.4, -0.2) is 29.3 Å². The Morgan fingerprint density at radius 3 is 2.83 bits per heavy atom. The quantitative estimate of drug-likeness (QED) is 0.727. The average Bonchev–Trinajstić information content (AvgIpc) is 2.70. The van der Waals surface area contributed by atoms with E-state index in [-0.39, 0.29) is 11.7 Å². The number of benzene rings is 1. The van der Waals surface area contributed by atoms with Gasteiger partial charge in [-0.05, 0) is 12.1 Å². The highest BCUT2D eigenvalue weighted by Gasteiger charge is 2.14. The lowest BCUT2D eigenvalue weighted by Crippen LogP contribution is -2.28. The molecule has 0 aliphatic carbocycles. The summed E-state index contributed by atoms with van der Waals surface area (Å²) in [7, 11) is 0. The fourth-order valence-electron chi connectivity index (χ4n) is 1.39. The van der Waals surface area contributed by atoms with Crippen molar-refractivity contribution >= 4 is 33.9 Å². The lowest BCUT2D eigenvalue weighted by Gasteiger charge is -2.01. The van der Waals surface area contributed by atoms with Crippen molar-refractivity contribution < 1.29 is 24.4 Å². The maximum Gasteiger partial charge on any atom is 0.322 e. The summed E-state index contributed by atoms with van der Waals surface area (Å²) in [4.78, 5) is 27.6. The first-order chi connectivity index (χ1) is 8.65. The SMILES string of the molecule is O=C([O-])COCC(=O)Sc1[nH]c2ccccc2[nH+]1. The minimum absolute atomic E-state index is 0.276. The fraction of sp³-hybridized carbons (Fsp3) is 0.182. The van der Waals surface area contributed by atoms with Crippen molar-refractivity contribution in [3.8, 4) is 0 Å². The van der Waals surface area contributed by atoms with Crippen LogP contribution in [0.3, 0.4) is 0 Å². The molecule has 0 aliphatic rings. The zero-order valence-electron chi connectivity index (χ0n) is 9.26. The highest BCUT2D eigenvalue weighted by Crippen LogP contribution is 2.15. The number of thioether (sulfide) groups is 1. The molecule has 6 nitrogen and oxygen atoms in total. The second-order valence-electron chi connectivity index (χ2n) is 3.46. The van der Waals surface area contributed by atoms with Crippen LogP contribution in [0.1, 0.15) is 0 Å². The maximum atomic E-state index is 11.5. The van der Waals surface area contributed by atoms with Gasteiger partial charge in [0.25, 0.3) is 0 Å². The first-order valence-corrected chi connectivity index (χ1v) is 5.95. The standard InChI is InChI=1S/C11H10N2O4S/c14-9(15)5-17-6-10(16)18-11-12-7-3-1-2-4-8(7)13-11/h1-4H,5-6H2,(H,12,13)(H,14,15). The minimum atomic E-state index is -1.34. The van der Waals surface area contributed by atoms with Gasteiger partial charge in [-0.1, -0.05) is 12.1 Å². The van der Waals surface area contributed by atoms with Crippen LogP contribution >= 0.6 is 11.8 Å². The molecule has 2 rings (SSSR count). The Kier molecular flexibility index (Phi) is 3.96. The normalized spacial score (nSPS) is 10.7. The highest BCUT2D eigenvalue weighted by atomic mass is 32.2. The summed E-state index contributed by atoms with van der Waals surface area (Å²) in [5.74, 6) is -1.34. The van der Waals surface area contributed by atoms with Gasteiger partial charge in [0.05, 0.1) is 12.6 Å². The molecular weight excluding hydrogens is 256 g/mol. The highest BCUT2D eigenvalue weighted by molar-refractivity contribution is 8.13. The summed E-state index contributed by atoms with van der Waals surface area (Å²) in [6.45, 7) is -0.857. The number of carbonyl (C=O) groups excluding carboxylic acids is 2. The fourth-order valence-corrected chi connectivity index (χ4v) is 2.08. The van der Waals surface area contributed by atoms with E-state index in [0.717, 1.165) is 22.8 Å². The lowest BCUT2D eigenvalue weighted by atomic mass is 10.3. The maximum absolute atomic E-state index is 11.5. The number of imidazole rings is 1. The number of nitrogens with one attached hydrogen (secondary N) is 2. The number of aromatic nitrogens is 2. The van der Waals surface area contributed by atoms with Crippen LogP contribution in [0.4, 0.5) is 0 Å². The Balaban J connectivity index is 1.92. The van der Waals surface area contributed by atoms with Gasteiger partial charge in [0.15, 0.2) is 11.0 Å². The Hall–Kier alpha value is -1.86. The van der Waals surface area contributed by atoms with Gasteiger partial charge in [0, 0.05) is 11.8 Å². The molecule has 94 valence electrons. The number of fused-ring (bicyclic) bond motifs is 1. The number of para-hydroxylation sites is 2. The molecule has 2 aromatic rings. The van der Waals surface area contributed by atoms with Gasteiger partial charge in [-0.3, -0.25) is 4.79 Å². The molecule has 1 heterocycles. The van der Waals surface area contributed by atoms with Gasteiger partial charge in [-0.2, -0.15) is 0 Å². The molecule has 0 aliphatic heterocycles. The first kappa shape index (κ1) is 12.6. The van der Waals surface area contributed by atoms with E-state index in [1.165, 1.54) is 0 Å². The Labute approximate surface area is 106 Å². The van der Waals surface area contributed by atoms with E-state index in [1.54, 1.807) is 0 Å². The van der Waals surface area contributed by atoms with E-state index in [2.05, 4.69) is 14.7 Å². The van der Waals surface area contributed by atoms with Crippen molar-refractivity contribution in [1.82, 2.24) is 4.98 Å². The van der Waals surface area contributed by atoms with E-state index in [1.807, 2.05) is 24.3 Å². The molecule has 0 bridgehead atoms. The minimum Gasteiger partial charge on any atom is -0.548 e. The van der Waals surface area contributed by atoms with Gasteiger partial charge >= 0.3 is 5.16 Å². The van der Waals surface area contributed by atoms with E-state index < -0.39 is 12.6 Å². The van der Waals surface area contributed by atoms with Crippen molar-refractivity contribution in [2.45, 2.75) is 5.16 Å². The Bertz CT molecular complexity index is 548. The molecule has 18 heavy (non-hydrogen) atoms. The number of carboxylic acids is 1. The van der Waals surface area contributed by atoms with Crippen molar-refractivity contribution in [3.05, 3.63) is 24.3 Å². The van der Waals surface area contributed by atoms with Gasteiger partial charge in [0.1, 0.15) is 6.61 Å². The van der Waals surface area contributed by atoms with Crippen LogP contribution in [0.15, 0.2) is 29.4 Å². The van der Waals surface area contributed by atoms with Gasteiger partial charge in [-0.25, -0.2) is 9.97 Å². The second kappa shape index (κ2) is 5.65. The van der Waals surface area contributed by atoms with Crippen LogP contribution in [0.5, 0.6) is 0 Å². The molecule has 0 radical (unpaired) electrons. The molecule has 0 amide bonds. The zero-order chi connectivity index (χ0) is 13.0. The number of aliphatic carboxylic acids is 1. The van der Waals surface area contributed by atoms with E-state index in [9.17, 15) is 14.7 Å². The second-order valence-corrected chi connectivity index (χ2v) is 4.53. The number of carbonyl (C=O) groups is 2. The average molecular weight is 266 g/mol. The topological polar surface area (TPSA) is 96.4 Å². The van der Waals surface area contributed by atoms with Crippen LogP contribution in [0.25, 0.3) is 11.0 Å². The molecule has 1 aromatic heterocycles. The number of aromatic amines is 2. The zero-order valence-corrected chi connectivity index (χ0v) is 10.1. The third kappa shape index (κ3) is 3.31. The smallest absolute Gasteiger partial charge is 0.322 e. The molecule has 1 aromatic carbocycles. The number of carboxylic acid groups (broad SMARTS) is 1. The summed E-state index contributed by atoms with van der Waals surface area (Å²) in [5.41, 5.74) is 1.78. The molecule has 0 spiro atoms. The van der Waals surface area contributed by atoms with Crippen molar-refractivity contribution in [2.24, 2.45) is 0 Å². The largest absolute Gasteiger partial charge is 0.548 e. The number of rotatable bonds is 5. The number of hydrogen-bond donors (Lipinski definition) is 1. The summed E-state index contributed by atoms with van der Waals surface area (Å²) < 4.78 is 4.64. The van der Waals surface area contributed by atoms with Crippen molar-refractivity contribution in [3.63, 3.8) is 0 Å². The van der Waals surface area contributed by atoms with Crippen LogP contribution in [-0.2, 0) is 14.3 Å². The molecule has 0 unspecified atom stereocenters. The van der Waals surface area contributed by atoms with Crippen molar-refractivity contribution in [2.75, 3.05) is 13.2 Å². The molecular formula is C11H10N2O4S. The van der Waals surface area contributed by atoms with E-state index >= 15 is 0 Å². The van der Waals surface area contributed by atoms with E-state index in [4.69, 9.17) is 0 Å². The summed E-state index contributed by atoms with van der Waals surface area (Å²) >= 11 is 0.933. The Morgan fingerprint density at radius 2 is 2.11 bits per heavy atom. The summed E-state index contributed by atoms with van der Waals surface area (Å²) in [5, 5.41) is 10.4. The van der Waals surface area contributed by atoms with Gasteiger partial charge < -0.3 is 14.6 Å². The summed E-state index contributed by atoms with van der Waals surface area (Å²) in [6, 6.07) is 7.53. The predicted molar refractivity (Wildman–Crippen MR) is 61.5 cm³/mol. The molecule has 0 saturated heterocycles. The van der Waals surface area contributed by atoms with Gasteiger partial charge in [-0.15, -0.1) is 0 Å². The van der Waals surface area contributed by atoms with Crippen molar-refractivity contribution in [1.29, 1.82) is 0 Å². The number of ether oxygens (including phenoxy) is 1. The molecule has 0 saturated carbocycles. The molecule has 2 N–H and O–H groups in total. The van der Waals surface area contributed by atoms with Crippen LogP contribution in [0.2, 0.25) is 0 Å². The first-order valence-electron chi connectivity index (χ1n) is 5.13. The molecule has 0 fully saturated rings. The Morgan fingerprint density at radius 1 is 1.33 bits per heavy atom. The predicted octanol–water partition coefficient (Wildman–Crippen LogP) is -0.633. The monoisotopic (exact) mass is 266 g/mol. The third-order valence-electron chi connectivity index (χ3n) is 2.08. The van der Waals surface area contributed by atoms with Gasteiger partial charge in [0.2, 0.25) is 5.12 Å². The van der Waals surface area contributed by atoms with E-state index in [0.29, 0.717) is 5.16 Å². The third-order valence-corrected chi connectivity index (χ3v) is 2.83. The van der Waals surface area contributed by atoms with Crippen LogP contribution in [0, 0.1) is 0 Å². The molecule has 0 atom stereocenters. The summed E-state index contributed by atoms with van der Waals surface area (Å²) in [6.07, 6.45) is 0. The number of hydrogen-bond acceptors (Lipinski definition) is 5. The number of H-pyrrole nitrogens is 2. The lowest BCUT2D eigenvalue weighted by molar-refractivity contribution is -0.396. The molecule has 7 heteroatoms. The van der Waals surface area contributed by atoms with Crippen LogP contribution < -0.4 is 10.1 Å².